The lowest BCUT2D eigenvalue weighted by molar-refractivity contribution is -0.165. The molecule has 3 fully saturated rings. The second-order valence-electron chi connectivity index (χ2n) is 10.9. The Labute approximate surface area is 198 Å². The summed E-state index contributed by atoms with van der Waals surface area (Å²) in [5.41, 5.74) is 1.33. The summed E-state index contributed by atoms with van der Waals surface area (Å²) in [5.74, 6) is 0.433. The fourth-order valence-electron chi connectivity index (χ4n) is 7.69. The zero-order chi connectivity index (χ0) is 22.6. The minimum atomic E-state index is -0.978. The Hall–Kier alpha value is -1.09. The van der Waals surface area contributed by atoms with Crippen molar-refractivity contribution in [3.63, 3.8) is 0 Å². The fourth-order valence-corrected chi connectivity index (χ4v) is 9.61. The number of carbonyl (C=O) groups excluding carboxylic acids is 1. The Bertz CT molecular complexity index is 1050. The third-order valence-corrected chi connectivity index (χ3v) is 10.7. The topological polar surface area (TPSA) is 68.9 Å². The van der Waals surface area contributed by atoms with E-state index in [1.807, 2.05) is 6.07 Å². The molecule has 1 spiro atoms. The van der Waals surface area contributed by atoms with E-state index in [1.165, 1.54) is 22.9 Å². The second kappa shape index (κ2) is 6.74. The summed E-state index contributed by atoms with van der Waals surface area (Å²) >= 11 is 6.60. The molecular weight excluding hydrogens is 443 g/mol. The highest BCUT2D eigenvalue weighted by atomic mass is 32.2. The summed E-state index contributed by atoms with van der Waals surface area (Å²) in [6, 6.07) is 1.88. The van der Waals surface area contributed by atoms with Gasteiger partial charge in [-0.05, 0) is 51.4 Å². The molecule has 5 nitrogen and oxygen atoms in total. The molecule has 32 heavy (non-hydrogen) atoms. The van der Waals surface area contributed by atoms with Crippen LogP contribution in [0.4, 0.5) is 0 Å². The van der Waals surface area contributed by atoms with Crippen LogP contribution in [0.15, 0.2) is 45.1 Å². The van der Waals surface area contributed by atoms with E-state index < -0.39 is 27.5 Å². The molecule has 6 aliphatic rings. The van der Waals surface area contributed by atoms with Crippen LogP contribution >= 0.6 is 24.4 Å². The first-order valence-electron chi connectivity index (χ1n) is 11.5. The maximum atomic E-state index is 13.8. The van der Waals surface area contributed by atoms with Crippen LogP contribution < -0.4 is 0 Å². The van der Waals surface area contributed by atoms with Gasteiger partial charge in [-0.15, -0.1) is 0 Å². The van der Waals surface area contributed by atoms with Gasteiger partial charge in [-0.1, -0.05) is 42.1 Å². The smallest absolute Gasteiger partial charge is 0.316 e. The quantitative estimate of drug-likeness (QED) is 0.257. The Morgan fingerprint density at radius 2 is 2.12 bits per heavy atom. The number of thiol groups is 1. The Kier molecular flexibility index (Phi) is 4.52. The maximum Gasteiger partial charge on any atom is 0.316 e. The van der Waals surface area contributed by atoms with E-state index in [0.29, 0.717) is 0 Å². The third kappa shape index (κ3) is 2.61. The predicted molar refractivity (Wildman–Crippen MR) is 128 cm³/mol. The van der Waals surface area contributed by atoms with Gasteiger partial charge in [0.15, 0.2) is 0 Å². The number of aliphatic hydroxyl groups is 1. The summed E-state index contributed by atoms with van der Waals surface area (Å²) in [6.07, 6.45) is 7.70. The summed E-state index contributed by atoms with van der Waals surface area (Å²) in [7, 11) is 0. The normalized spacial score (nSPS) is 44.4. The number of hydrogen-bond donors (Lipinski definition) is 2. The fraction of sp³-hybridized carbons (Fsp3) is 0.625. The third-order valence-electron chi connectivity index (χ3n) is 8.75. The number of aliphatic hydroxyl groups excluding tert-OH is 1. The summed E-state index contributed by atoms with van der Waals surface area (Å²) in [5, 5.41) is 10.7. The van der Waals surface area contributed by atoms with Crippen molar-refractivity contribution in [2.75, 3.05) is 0 Å². The van der Waals surface area contributed by atoms with Crippen LogP contribution in [0.3, 0.4) is 0 Å². The molecular formula is C24H29BO5S2. The highest BCUT2D eigenvalue weighted by Crippen LogP contribution is 2.71. The first kappa shape index (κ1) is 21.4. The number of esters is 1. The lowest BCUT2D eigenvalue weighted by Gasteiger charge is -2.50. The van der Waals surface area contributed by atoms with Crippen molar-refractivity contribution in [1.82, 2.24) is 0 Å². The molecule has 0 radical (unpaired) electrons. The average Bonchev–Trinajstić information content (AvgIpc) is 3.31. The van der Waals surface area contributed by atoms with Crippen LogP contribution in [-0.4, -0.2) is 33.8 Å². The number of furan rings is 1. The number of rotatable bonds is 1. The van der Waals surface area contributed by atoms with E-state index in [0.717, 1.165) is 29.6 Å². The van der Waals surface area contributed by atoms with Crippen LogP contribution in [0.2, 0.25) is 19.0 Å². The van der Waals surface area contributed by atoms with Crippen LogP contribution in [0.5, 0.6) is 0 Å². The lowest BCUT2D eigenvalue weighted by atomic mass is 9.31. The first-order valence-corrected chi connectivity index (χ1v) is 12.8. The van der Waals surface area contributed by atoms with Crippen LogP contribution in [0.25, 0.3) is 0 Å². The van der Waals surface area contributed by atoms with Crippen molar-refractivity contribution < 1.29 is 23.8 Å². The van der Waals surface area contributed by atoms with Crippen molar-refractivity contribution in [1.29, 1.82) is 0 Å². The molecule has 5 heterocycles. The molecule has 4 aliphatic heterocycles. The van der Waals surface area contributed by atoms with E-state index >= 15 is 0 Å². The Balaban J connectivity index is 1.53. The lowest BCUT2D eigenvalue weighted by Crippen LogP contribution is -2.50. The monoisotopic (exact) mass is 472 g/mol. The summed E-state index contributed by atoms with van der Waals surface area (Å²) in [6.45, 7) is 8.71. The van der Waals surface area contributed by atoms with Crippen molar-refractivity contribution in [3.05, 3.63) is 46.3 Å². The van der Waals surface area contributed by atoms with Gasteiger partial charge in [-0.2, -0.15) is 12.6 Å². The standard InChI is InChI=1S/C24H29BO5S2/c1-12-9-23-14(8-16(12)22(2,3)30-20(23)26)7-15-17(23)25(4)11-24(31)18(13-5-6-28-10-13)29-21(27)32-19(15)24/h5-6,9-10,14,16-18,21,27,31H,7-8,11H2,1-4H3. The van der Waals surface area contributed by atoms with Crippen molar-refractivity contribution in [3.8, 4) is 0 Å². The molecule has 1 aromatic rings. The van der Waals surface area contributed by atoms with Gasteiger partial charge in [0, 0.05) is 16.4 Å². The molecule has 2 bridgehead atoms. The molecule has 7 rings (SSSR count). The zero-order valence-electron chi connectivity index (χ0n) is 18.8. The Morgan fingerprint density at radius 1 is 1.34 bits per heavy atom. The average molecular weight is 472 g/mol. The van der Waals surface area contributed by atoms with Gasteiger partial charge in [0.2, 0.25) is 5.62 Å². The molecule has 1 aromatic heterocycles. The largest absolute Gasteiger partial charge is 0.472 e. The number of hydrogen-bond acceptors (Lipinski definition) is 7. The van der Waals surface area contributed by atoms with Gasteiger partial charge in [0.05, 0.1) is 22.7 Å². The van der Waals surface area contributed by atoms with E-state index in [1.54, 1.807) is 12.5 Å². The molecule has 2 aliphatic carbocycles. The molecule has 0 amide bonds. The molecule has 2 saturated heterocycles. The molecule has 0 aromatic carbocycles. The molecule has 7 atom stereocenters. The zero-order valence-corrected chi connectivity index (χ0v) is 20.5. The van der Waals surface area contributed by atoms with E-state index in [9.17, 15) is 9.90 Å². The minimum absolute atomic E-state index is 0.0582. The maximum absolute atomic E-state index is 13.8. The molecule has 1 N–H and O–H groups in total. The van der Waals surface area contributed by atoms with Gasteiger partial charge >= 0.3 is 5.97 Å². The summed E-state index contributed by atoms with van der Waals surface area (Å²) in [4.78, 5) is 14.9. The Morgan fingerprint density at radius 3 is 2.84 bits per heavy atom. The van der Waals surface area contributed by atoms with Gasteiger partial charge in [0.25, 0.3) is 0 Å². The number of allylic oxidation sites excluding steroid dienone is 1. The first-order chi connectivity index (χ1) is 15.1. The van der Waals surface area contributed by atoms with Gasteiger partial charge < -0.3 is 19.0 Å². The molecule has 1 saturated carbocycles. The second-order valence-corrected chi connectivity index (χ2v) is 12.8. The SMILES string of the molecule is CB1CC2(S)C(=C3CC4CC5C(C)=CC4(C(=O)OC5(C)C)C13)SC(O)OC2c1ccoc1. The van der Waals surface area contributed by atoms with Crippen LogP contribution in [0, 0.1) is 17.3 Å². The highest BCUT2D eigenvalue weighted by molar-refractivity contribution is 8.04. The van der Waals surface area contributed by atoms with Crippen LogP contribution in [-0.2, 0) is 14.3 Å². The van der Waals surface area contributed by atoms with E-state index in [2.05, 4.69) is 33.7 Å². The highest BCUT2D eigenvalue weighted by Gasteiger charge is 2.68. The van der Waals surface area contributed by atoms with Crippen molar-refractivity contribution in [2.24, 2.45) is 17.3 Å². The molecule has 170 valence electrons. The van der Waals surface area contributed by atoms with Gasteiger partial charge in [0.1, 0.15) is 18.4 Å². The van der Waals surface area contributed by atoms with E-state index in [-0.39, 0.29) is 30.3 Å². The number of thioether (sulfide) groups is 1. The van der Waals surface area contributed by atoms with Crippen molar-refractivity contribution >= 4 is 37.1 Å². The van der Waals surface area contributed by atoms with Gasteiger partial charge in [-0.3, -0.25) is 4.79 Å². The van der Waals surface area contributed by atoms with Crippen LogP contribution in [0.1, 0.15) is 45.3 Å². The van der Waals surface area contributed by atoms with E-state index in [4.69, 9.17) is 26.5 Å². The van der Waals surface area contributed by atoms with Crippen molar-refractivity contribution in [2.45, 2.75) is 74.6 Å². The number of fused-ring (bicyclic) bond motifs is 4. The molecule has 7 unspecified atom stereocenters. The predicted octanol–water partition coefficient (Wildman–Crippen LogP) is 5.10. The van der Waals surface area contributed by atoms with Gasteiger partial charge in [-0.25, -0.2) is 0 Å². The number of ether oxygens (including phenoxy) is 2. The number of carbonyl (C=O) groups is 1. The molecule has 8 heteroatoms. The summed E-state index contributed by atoms with van der Waals surface area (Å²) < 4.78 is 17.0. The minimum Gasteiger partial charge on any atom is -0.472 e.